The van der Waals surface area contributed by atoms with Gasteiger partial charge in [-0.2, -0.15) is 0 Å². The molecule has 0 aliphatic heterocycles. The zero-order chi connectivity index (χ0) is 10.8. The van der Waals surface area contributed by atoms with Crippen molar-refractivity contribution in [1.82, 2.24) is 10.2 Å². The van der Waals surface area contributed by atoms with Crippen molar-refractivity contribution in [2.45, 2.75) is 13.5 Å². The Bertz CT molecular complexity index is 481. The number of rotatable bonds is 2. The molecule has 2 rings (SSSR count). The van der Waals surface area contributed by atoms with Crippen LogP contribution in [0, 0.1) is 12.7 Å². The van der Waals surface area contributed by atoms with E-state index in [0.717, 1.165) is 5.56 Å². The van der Waals surface area contributed by atoms with Crippen molar-refractivity contribution in [2.75, 3.05) is 0 Å². The van der Waals surface area contributed by atoms with Crippen LogP contribution in [0.5, 0.6) is 0 Å². The van der Waals surface area contributed by atoms with E-state index in [2.05, 4.69) is 10.2 Å². The molecule has 0 atom stereocenters. The van der Waals surface area contributed by atoms with E-state index in [0.29, 0.717) is 22.1 Å². The molecule has 78 valence electrons. The van der Waals surface area contributed by atoms with Crippen molar-refractivity contribution in [3.8, 4) is 10.6 Å². The van der Waals surface area contributed by atoms with Crippen LogP contribution in [0.1, 0.15) is 10.6 Å². The van der Waals surface area contributed by atoms with Crippen LogP contribution < -0.4 is 5.73 Å². The molecule has 0 aliphatic rings. The highest BCUT2D eigenvalue weighted by Crippen LogP contribution is 2.26. The summed E-state index contributed by atoms with van der Waals surface area (Å²) in [6.45, 7) is 2.18. The lowest BCUT2D eigenvalue weighted by atomic mass is 10.1. The Morgan fingerprint density at radius 1 is 1.40 bits per heavy atom. The van der Waals surface area contributed by atoms with Crippen molar-refractivity contribution in [1.29, 1.82) is 0 Å². The summed E-state index contributed by atoms with van der Waals surface area (Å²) in [5.41, 5.74) is 6.79. The number of aromatic nitrogens is 2. The molecule has 1 heterocycles. The SMILES string of the molecule is Cc1ccc(-c2nnc(CN)s2)c(F)c1. The van der Waals surface area contributed by atoms with Gasteiger partial charge in [-0.1, -0.05) is 17.4 Å². The predicted octanol–water partition coefficient (Wildman–Crippen LogP) is 2.11. The van der Waals surface area contributed by atoms with Crippen molar-refractivity contribution >= 4 is 11.3 Å². The fourth-order valence-electron chi connectivity index (χ4n) is 1.24. The Hall–Kier alpha value is -1.33. The van der Waals surface area contributed by atoms with Gasteiger partial charge in [0.2, 0.25) is 0 Å². The molecule has 0 unspecified atom stereocenters. The molecule has 0 saturated heterocycles. The molecule has 0 spiro atoms. The quantitative estimate of drug-likeness (QED) is 0.848. The van der Waals surface area contributed by atoms with Gasteiger partial charge in [0, 0.05) is 12.1 Å². The maximum absolute atomic E-state index is 13.6. The average molecular weight is 223 g/mol. The molecule has 1 aromatic carbocycles. The molecule has 0 aliphatic carbocycles. The molecule has 2 N–H and O–H groups in total. The fraction of sp³-hybridized carbons (Fsp3) is 0.200. The standard InChI is InChI=1S/C10H10FN3S/c1-6-2-3-7(8(11)4-6)10-14-13-9(5-12)15-10/h2-4H,5,12H2,1H3. The Morgan fingerprint density at radius 3 is 2.80 bits per heavy atom. The van der Waals surface area contributed by atoms with E-state index in [4.69, 9.17) is 5.73 Å². The van der Waals surface area contributed by atoms with Crippen LogP contribution in [0.25, 0.3) is 10.6 Å². The van der Waals surface area contributed by atoms with Gasteiger partial charge in [0.1, 0.15) is 10.8 Å². The maximum atomic E-state index is 13.6. The van der Waals surface area contributed by atoms with E-state index in [1.165, 1.54) is 17.4 Å². The fourth-order valence-corrected chi connectivity index (χ4v) is 1.98. The van der Waals surface area contributed by atoms with Crippen molar-refractivity contribution in [3.05, 3.63) is 34.6 Å². The molecule has 0 radical (unpaired) electrons. The highest BCUT2D eigenvalue weighted by atomic mass is 32.1. The van der Waals surface area contributed by atoms with Gasteiger partial charge in [0.25, 0.3) is 0 Å². The van der Waals surface area contributed by atoms with Gasteiger partial charge < -0.3 is 5.73 Å². The lowest BCUT2D eigenvalue weighted by Gasteiger charge is -1.98. The van der Waals surface area contributed by atoms with Crippen LogP contribution in [0.2, 0.25) is 0 Å². The minimum absolute atomic E-state index is 0.269. The van der Waals surface area contributed by atoms with E-state index in [9.17, 15) is 4.39 Å². The minimum Gasteiger partial charge on any atom is -0.324 e. The number of benzene rings is 1. The van der Waals surface area contributed by atoms with Crippen LogP contribution in [-0.4, -0.2) is 10.2 Å². The molecule has 1 aromatic heterocycles. The molecule has 3 nitrogen and oxygen atoms in total. The van der Waals surface area contributed by atoms with Gasteiger partial charge in [-0.15, -0.1) is 10.2 Å². The summed E-state index contributed by atoms with van der Waals surface area (Å²) in [5.74, 6) is -0.269. The third-order valence-electron chi connectivity index (χ3n) is 2.00. The minimum atomic E-state index is -0.269. The van der Waals surface area contributed by atoms with Gasteiger partial charge in [-0.05, 0) is 24.6 Å². The Labute approximate surface area is 90.8 Å². The second kappa shape index (κ2) is 4.04. The largest absolute Gasteiger partial charge is 0.324 e. The summed E-state index contributed by atoms with van der Waals surface area (Å²) in [6.07, 6.45) is 0. The number of nitrogens with zero attached hydrogens (tertiary/aromatic N) is 2. The molecule has 15 heavy (non-hydrogen) atoms. The van der Waals surface area contributed by atoms with Gasteiger partial charge in [-0.25, -0.2) is 4.39 Å². The van der Waals surface area contributed by atoms with E-state index < -0.39 is 0 Å². The number of aryl methyl sites for hydroxylation is 1. The van der Waals surface area contributed by atoms with Crippen LogP contribution in [0.4, 0.5) is 4.39 Å². The number of halogens is 1. The summed E-state index contributed by atoms with van der Waals surface area (Å²) in [6, 6.07) is 5.05. The van der Waals surface area contributed by atoms with Crippen LogP contribution in [0.3, 0.4) is 0 Å². The highest BCUT2D eigenvalue weighted by molar-refractivity contribution is 7.14. The van der Waals surface area contributed by atoms with Crippen LogP contribution in [-0.2, 0) is 6.54 Å². The van der Waals surface area contributed by atoms with E-state index in [-0.39, 0.29) is 5.82 Å². The molecular formula is C10H10FN3S. The second-order valence-corrected chi connectivity index (χ2v) is 4.25. The molecular weight excluding hydrogens is 213 g/mol. The number of hydrogen-bond acceptors (Lipinski definition) is 4. The lowest BCUT2D eigenvalue weighted by molar-refractivity contribution is 0.630. The zero-order valence-corrected chi connectivity index (χ0v) is 9.01. The Morgan fingerprint density at radius 2 is 2.20 bits per heavy atom. The summed E-state index contributed by atoms with van der Waals surface area (Å²) >= 11 is 1.32. The van der Waals surface area contributed by atoms with Gasteiger partial charge >= 0.3 is 0 Å². The summed E-state index contributed by atoms with van der Waals surface area (Å²) < 4.78 is 13.6. The monoisotopic (exact) mass is 223 g/mol. The lowest BCUT2D eigenvalue weighted by Crippen LogP contribution is -1.94. The van der Waals surface area contributed by atoms with Crippen molar-refractivity contribution in [2.24, 2.45) is 5.73 Å². The first-order valence-electron chi connectivity index (χ1n) is 4.49. The maximum Gasteiger partial charge on any atom is 0.150 e. The second-order valence-electron chi connectivity index (χ2n) is 3.19. The number of hydrogen-bond donors (Lipinski definition) is 1. The van der Waals surface area contributed by atoms with E-state index >= 15 is 0 Å². The topological polar surface area (TPSA) is 51.8 Å². The summed E-state index contributed by atoms with van der Waals surface area (Å²) in [5, 5.41) is 9.04. The normalized spacial score (nSPS) is 10.6. The smallest absolute Gasteiger partial charge is 0.150 e. The summed E-state index contributed by atoms with van der Waals surface area (Å²) in [7, 11) is 0. The van der Waals surface area contributed by atoms with Gasteiger partial charge in [0.05, 0.1) is 0 Å². The van der Waals surface area contributed by atoms with Gasteiger partial charge in [0.15, 0.2) is 5.01 Å². The third kappa shape index (κ3) is 2.03. The van der Waals surface area contributed by atoms with Gasteiger partial charge in [-0.3, -0.25) is 0 Å². The molecule has 2 aromatic rings. The van der Waals surface area contributed by atoms with Crippen LogP contribution in [0.15, 0.2) is 18.2 Å². The van der Waals surface area contributed by atoms with Crippen LogP contribution >= 0.6 is 11.3 Å². The van der Waals surface area contributed by atoms with E-state index in [1.54, 1.807) is 6.07 Å². The van der Waals surface area contributed by atoms with E-state index in [1.807, 2.05) is 13.0 Å². The van der Waals surface area contributed by atoms with Crippen molar-refractivity contribution in [3.63, 3.8) is 0 Å². The first kappa shape index (κ1) is 10.2. The first-order chi connectivity index (χ1) is 7.20. The first-order valence-corrected chi connectivity index (χ1v) is 5.31. The Balaban J connectivity index is 2.44. The molecule has 0 amide bonds. The predicted molar refractivity (Wildman–Crippen MR) is 57.9 cm³/mol. The third-order valence-corrected chi connectivity index (χ3v) is 2.98. The molecule has 5 heteroatoms. The molecule has 0 fully saturated rings. The zero-order valence-electron chi connectivity index (χ0n) is 8.20. The number of nitrogens with two attached hydrogens (primary N) is 1. The highest BCUT2D eigenvalue weighted by Gasteiger charge is 2.10. The summed E-state index contributed by atoms with van der Waals surface area (Å²) in [4.78, 5) is 0. The molecule has 0 saturated carbocycles. The van der Waals surface area contributed by atoms with Crippen molar-refractivity contribution < 1.29 is 4.39 Å². The Kier molecular flexibility index (Phi) is 2.75. The molecule has 0 bridgehead atoms. The average Bonchev–Trinajstić information content (AvgIpc) is 2.66.